The molecule has 1 aromatic carbocycles. The average Bonchev–Trinajstić information content (AvgIpc) is 2.27. The van der Waals surface area contributed by atoms with Crippen molar-refractivity contribution in [3.8, 4) is 0 Å². The van der Waals surface area contributed by atoms with Gasteiger partial charge in [0, 0.05) is 10.9 Å². The summed E-state index contributed by atoms with van der Waals surface area (Å²) in [4.78, 5) is 11.7. The van der Waals surface area contributed by atoms with Crippen molar-refractivity contribution in [2.24, 2.45) is 5.73 Å². The molecular weight excluding hydrogens is 232 g/mol. The molecule has 1 amide bonds. The molecular formula is C13H20N2OS. The number of amides is 1. The van der Waals surface area contributed by atoms with Crippen LogP contribution in [0.25, 0.3) is 0 Å². The summed E-state index contributed by atoms with van der Waals surface area (Å²) >= 11 is 1.64. The molecule has 0 heterocycles. The topological polar surface area (TPSA) is 55.1 Å². The van der Waals surface area contributed by atoms with E-state index < -0.39 is 0 Å². The Morgan fingerprint density at radius 1 is 1.53 bits per heavy atom. The van der Waals surface area contributed by atoms with Crippen LogP contribution < -0.4 is 11.1 Å². The third-order valence-corrected chi connectivity index (χ3v) is 3.61. The zero-order valence-electron chi connectivity index (χ0n) is 10.4. The van der Waals surface area contributed by atoms with Gasteiger partial charge in [-0.05, 0) is 37.6 Å². The van der Waals surface area contributed by atoms with Gasteiger partial charge in [-0.2, -0.15) is 0 Å². The number of hydrogen-bond donors (Lipinski definition) is 2. The van der Waals surface area contributed by atoms with Crippen LogP contribution in [-0.2, 0) is 4.79 Å². The molecule has 3 N–H and O–H groups in total. The first kappa shape index (κ1) is 14.1. The van der Waals surface area contributed by atoms with Crippen LogP contribution in [0.4, 0.5) is 5.69 Å². The van der Waals surface area contributed by atoms with Crippen LogP contribution in [0.3, 0.4) is 0 Å². The first-order valence-electron chi connectivity index (χ1n) is 5.80. The van der Waals surface area contributed by atoms with Crippen LogP contribution in [0.2, 0.25) is 0 Å². The standard InChI is InChI=1S/C13H20N2OS/c1-10-4-3-5-12(8-10)15-13(16)9-17-11(2)6-7-14/h3-5,8,11H,6-7,9,14H2,1-2H3,(H,15,16). The monoisotopic (exact) mass is 252 g/mol. The first-order valence-corrected chi connectivity index (χ1v) is 6.85. The van der Waals surface area contributed by atoms with Gasteiger partial charge in [0.1, 0.15) is 0 Å². The maximum absolute atomic E-state index is 11.7. The maximum atomic E-state index is 11.7. The number of nitrogens with one attached hydrogen (secondary N) is 1. The Balaban J connectivity index is 2.34. The number of carbonyl (C=O) groups excluding carboxylic acids is 1. The molecule has 0 aliphatic carbocycles. The quantitative estimate of drug-likeness (QED) is 0.817. The molecule has 1 rings (SSSR count). The Labute approximate surface area is 107 Å². The lowest BCUT2D eigenvalue weighted by Crippen LogP contribution is -2.17. The fourth-order valence-electron chi connectivity index (χ4n) is 1.46. The number of thioether (sulfide) groups is 1. The van der Waals surface area contributed by atoms with Crippen molar-refractivity contribution in [3.63, 3.8) is 0 Å². The van der Waals surface area contributed by atoms with Gasteiger partial charge in [0.15, 0.2) is 0 Å². The Bertz CT molecular complexity index is 368. The van der Waals surface area contributed by atoms with Crippen molar-refractivity contribution in [1.29, 1.82) is 0 Å². The Hall–Kier alpha value is -1.00. The fourth-order valence-corrected chi connectivity index (χ4v) is 2.27. The van der Waals surface area contributed by atoms with Crippen molar-refractivity contribution in [3.05, 3.63) is 29.8 Å². The van der Waals surface area contributed by atoms with Crippen LogP contribution in [-0.4, -0.2) is 23.5 Å². The summed E-state index contributed by atoms with van der Waals surface area (Å²) in [5, 5.41) is 3.32. The van der Waals surface area contributed by atoms with Crippen LogP contribution in [0.5, 0.6) is 0 Å². The summed E-state index contributed by atoms with van der Waals surface area (Å²) in [7, 11) is 0. The zero-order valence-corrected chi connectivity index (χ0v) is 11.2. The normalized spacial score (nSPS) is 12.2. The lowest BCUT2D eigenvalue weighted by atomic mass is 10.2. The molecule has 0 saturated heterocycles. The van der Waals surface area contributed by atoms with Crippen LogP contribution in [0.15, 0.2) is 24.3 Å². The molecule has 0 fully saturated rings. The summed E-state index contributed by atoms with van der Waals surface area (Å²) in [6.45, 7) is 4.78. The second-order valence-electron chi connectivity index (χ2n) is 4.12. The van der Waals surface area contributed by atoms with Crippen LogP contribution in [0.1, 0.15) is 18.9 Å². The van der Waals surface area contributed by atoms with Gasteiger partial charge >= 0.3 is 0 Å². The Morgan fingerprint density at radius 3 is 2.94 bits per heavy atom. The highest BCUT2D eigenvalue weighted by Gasteiger charge is 2.06. The molecule has 1 unspecified atom stereocenters. The number of carbonyl (C=O) groups is 1. The van der Waals surface area contributed by atoms with Gasteiger partial charge in [0.25, 0.3) is 0 Å². The summed E-state index contributed by atoms with van der Waals surface area (Å²) in [6.07, 6.45) is 0.947. The summed E-state index contributed by atoms with van der Waals surface area (Å²) in [5.74, 6) is 0.527. The largest absolute Gasteiger partial charge is 0.330 e. The fraction of sp³-hybridized carbons (Fsp3) is 0.462. The molecule has 0 radical (unpaired) electrons. The molecule has 0 bridgehead atoms. The first-order chi connectivity index (χ1) is 8.11. The van der Waals surface area contributed by atoms with Crippen molar-refractivity contribution in [2.75, 3.05) is 17.6 Å². The molecule has 1 aromatic rings. The van der Waals surface area contributed by atoms with Crippen molar-refractivity contribution in [2.45, 2.75) is 25.5 Å². The summed E-state index contributed by atoms with van der Waals surface area (Å²) in [5.41, 5.74) is 7.47. The van der Waals surface area contributed by atoms with E-state index in [-0.39, 0.29) is 5.91 Å². The van der Waals surface area contributed by atoms with Crippen molar-refractivity contribution < 1.29 is 4.79 Å². The van der Waals surface area contributed by atoms with Gasteiger partial charge in [-0.15, -0.1) is 11.8 Å². The summed E-state index contributed by atoms with van der Waals surface area (Å²) < 4.78 is 0. The molecule has 17 heavy (non-hydrogen) atoms. The van der Waals surface area contributed by atoms with E-state index in [0.29, 0.717) is 17.5 Å². The molecule has 0 saturated carbocycles. The highest BCUT2D eigenvalue weighted by molar-refractivity contribution is 8.00. The van der Waals surface area contributed by atoms with E-state index >= 15 is 0 Å². The minimum Gasteiger partial charge on any atom is -0.330 e. The van der Waals surface area contributed by atoms with Gasteiger partial charge in [-0.3, -0.25) is 4.79 Å². The molecule has 0 aliphatic rings. The number of hydrogen-bond acceptors (Lipinski definition) is 3. The number of nitrogens with two attached hydrogens (primary N) is 1. The van der Waals surface area contributed by atoms with Crippen molar-refractivity contribution >= 4 is 23.4 Å². The van der Waals surface area contributed by atoms with Gasteiger partial charge in [-0.1, -0.05) is 19.1 Å². The number of anilines is 1. The van der Waals surface area contributed by atoms with Crippen molar-refractivity contribution in [1.82, 2.24) is 0 Å². The minimum atomic E-state index is 0.0458. The van der Waals surface area contributed by atoms with E-state index in [9.17, 15) is 4.79 Å². The predicted molar refractivity (Wildman–Crippen MR) is 75.4 cm³/mol. The van der Waals surface area contributed by atoms with E-state index in [1.807, 2.05) is 31.2 Å². The van der Waals surface area contributed by atoms with E-state index in [1.54, 1.807) is 11.8 Å². The molecule has 0 aliphatic heterocycles. The average molecular weight is 252 g/mol. The Kier molecular flexibility index (Phi) is 6.08. The third-order valence-electron chi connectivity index (χ3n) is 2.37. The molecule has 0 spiro atoms. The van der Waals surface area contributed by atoms with E-state index in [4.69, 9.17) is 5.73 Å². The van der Waals surface area contributed by atoms with Gasteiger partial charge in [-0.25, -0.2) is 0 Å². The van der Waals surface area contributed by atoms with Gasteiger partial charge < -0.3 is 11.1 Å². The second kappa shape index (κ2) is 7.35. The lowest BCUT2D eigenvalue weighted by molar-refractivity contribution is -0.113. The minimum absolute atomic E-state index is 0.0458. The van der Waals surface area contributed by atoms with E-state index in [2.05, 4.69) is 12.2 Å². The number of aryl methyl sites for hydroxylation is 1. The SMILES string of the molecule is Cc1cccc(NC(=O)CSC(C)CCN)c1. The van der Waals surface area contributed by atoms with Gasteiger partial charge in [0.05, 0.1) is 5.75 Å². The molecule has 94 valence electrons. The molecule has 0 aromatic heterocycles. The van der Waals surface area contributed by atoms with E-state index in [0.717, 1.165) is 17.7 Å². The maximum Gasteiger partial charge on any atom is 0.234 e. The van der Waals surface area contributed by atoms with E-state index in [1.165, 1.54) is 0 Å². The van der Waals surface area contributed by atoms with Crippen LogP contribution >= 0.6 is 11.8 Å². The molecule has 3 nitrogen and oxygen atoms in total. The highest BCUT2D eigenvalue weighted by Crippen LogP contribution is 2.14. The number of rotatable bonds is 6. The Morgan fingerprint density at radius 2 is 2.29 bits per heavy atom. The lowest BCUT2D eigenvalue weighted by Gasteiger charge is -2.10. The predicted octanol–water partition coefficient (Wildman–Crippen LogP) is 2.40. The van der Waals surface area contributed by atoms with Gasteiger partial charge in [0.2, 0.25) is 5.91 Å². The summed E-state index contributed by atoms with van der Waals surface area (Å²) in [6, 6.07) is 7.81. The second-order valence-corrected chi connectivity index (χ2v) is 5.54. The number of benzene rings is 1. The van der Waals surface area contributed by atoms with Crippen LogP contribution in [0, 0.1) is 6.92 Å². The zero-order chi connectivity index (χ0) is 12.7. The third kappa shape index (κ3) is 5.75. The highest BCUT2D eigenvalue weighted by atomic mass is 32.2. The molecule has 4 heteroatoms. The smallest absolute Gasteiger partial charge is 0.234 e. The molecule has 1 atom stereocenters.